The number of aryl methyl sites for hydroxylation is 1. The Morgan fingerprint density at radius 1 is 1.29 bits per heavy atom. The number of carboxylic acids is 1. The van der Waals surface area contributed by atoms with Gasteiger partial charge in [-0.1, -0.05) is 11.6 Å². The highest BCUT2D eigenvalue weighted by Crippen LogP contribution is 2.26. The summed E-state index contributed by atoms with van der Waals surface area (Å²) < 4.78 is 6.40. The number of benzene rings is 1. The smallest absolute Gasteiger partial charge is 0.337 e. The number of nitrogens with zero attached hydrogens (tertiary/aromatic N) is 1. The standard InChI is InChI=1S/C15H14ClNO4/c1-8-6-13(18)17(9(2)14(8)15(19)20)12-7-10(21-3)4-5-11(12)16/h4-7H,1-3H3,(H,19,20). The number of ether oxygens (including phenoxy) is 1. The molecule has 0 saturated carbocycles. The first kappa shape index (κ1) is 15.1. The highest BCUT2D eigenvalue weighted by molar-refractivity contribution is 6.32. The number of carboxylic acid groups (broad SMARTS) is 1. The Balaban J connectivity index is 2.84. The first-order chi connectivity index (χ1) is 9.86. The summed E-state index contributed by atoms with van der Waals surface area (Å²) in [5.74, 6) is -0.559. The van der Waals surface area contributed by atoms with Crippen LogP contribution in [0.4, 0.5) is 0 Å². The summed E-state index contributed by atoms with van der Waals surface area (Å²) >= 11 is 6.14. The minimum Gasteiger partial charge on any atom is -0.497 e. The summed E-state index contributed by atoms with van der Waals surface area (Å²) in [5, 5.41) is 9.64. The molecule has 2 rings (SSSR count). The zero-order chi connectivity index (χ0) is 15.7. The van der Waals surface area contributed by atoms with Crippen molar-refractivity contribution in [1.82, 2.24) is 4.57 Å². The number of hydrogen-bond acceptors (Lipinski definition) is 3. The van der Waals surface area contributed by atoms with Gasteiger partial charge in [0.2, 0.25) is 0 Å². The highest BCUT2D eigenvalue weighted by Gasteiger charge is 2.18. The monoisotopic (exact) mass is 307 g/mol. The summed E-state index contributed by atoms with van der Waals surface area (Å²) in [6.07, 6.45) is 0. The Hall–Kier alpha value is -2.27. The minimum absolute atomic E-state index is 0.0912. The van der Waals surface area contributed by atoms with E-state index in [1.54, 1.807) is 32.0 Å². The van der Waals surface area contributed by atoms with E-state index in [2.05, 4.69) is 0 Å². The number of aromatic nitrogens is 1. The topological polar surface area (TPSA) is 68.5 Å². The van der Waals surface area contributed by atoms with Gasteiger partial charge in [0.15, 0.2) is 0 Å². The second-order valence-corrected chi connectivity index (χ2v) is 4.99. The van der Waals surface area contributed by atoms with Gasteiger partial charge in [-0.2, -0.15) is 0 Å². The van der Waals surface area contributed by atoms with Crippen LogP contribution in [0.3, 0.4) is 0 Å². The van der Waals surface area contributed by atoms with E-state index in [0.29, 0.717) is 27.7 Å². The molecule has 0 unspecified atom stereocenters. The lowest BCUT2D eigenvalue weighted by Crippen LogP contribution is -2.24. The molecule has 0 fully saturated rings. The lowest BCUT2D eigenvalue weighted by molar-refractivity contribution is 0.0694. The highest BCUT2D eigenvalue weighted by atomic mass is 35.5. The Morgan fingerprint density at radius 2 is 1.95 bits per heavy atom. The number of rotatable bonds is 3. The first-order valence-electron chi connectivity index (χ1n) is 6.17. The van der Waals surface area contributed by atoms with Crippen molar-refractivity contribution in [3.63, 3.8) is 0 Å². The molecule has 1 aromatic heterocycles. The molecule has 110 valence electrons. The summed E-state index contributed by atoms with van der Waals surface area (Å²) in [6, 6.07) is 6.14. The normalized spacial score (nSPS) is 10.5. The van der Waals surface area contributed by atoms with E-state index < -0.39 is 5.97 Å². The molecular formula is C15H14ClNO4. The van der Waals surface area contributed by atoms with Crippen LogP contribution in [0.1, 0.15) is 21.6 Å². The second-order valence-electron chi connectivity index (χ2n) is 4.58. The van der Waals surface area contributed by atoms with Crippen molar-refractivity contribution in [2.24, 2.45) is 0 Å². The van der Waals surface area contributed by atoms with Crippen LogP contribution in [0.15, 0.2) is 29.1 Å². The van der Waals surface area contributed by atoms with Gasteiger partial charge in [-0.25, -0.2) is 4.79 Å². The van der Waals surface area contributed by atoms with Crippen LogP contribution in [-0.2, 0) is 0 Å². The maximum absolute atomic E-state index is 12.3. The van der Waals surface area contributed by atoms with Crippen molar-refractivity contribution in [3.05, 3.63) is 56.5 Å². The first-order valence-corrected chi connectivity index (χ1v) is 6.55. The van der Waals surface area contributed by atoms with Crippen LogP contribution < -0.4 is 10.3 Å². The average Bonchev–Trinajstić information content (AvgIpc) is 2.39. The zero-order valence-electron chi connectivity index (χ0n) is 11.8. The molecule has 0 bridgehead atoms. The predicted molar refractivity (Wildman–Crippen MR) is 80.0 cm³/mol. The lowest BCUT2D eigenvalue weighted by atomic mass is 10.1. The Bertz CT molecular complexity index is 780. The molecule has 1 heterocycles. The molecule has 1 aromatic carbocycles. The molecule has 0 aliphatic heterocycles. The van der Waals surface area contributed by atoms with Gasteiger partial charge in [0.25, 0.3) is 5.56 Å². The maximum Gasteiger partial charge on any atom is 0.337 e. The molecule has 6 heteroatoms. The minimum atomic E-state index is -1.09. The summed E-state index contributed by atoms with van der Waals surface area (Å²) in [5.41, 5.74) is 0.877. The van der Waals surface area contributed by atoms with Crippen molar-refractivity contribution in [3.8, 4) is 11.4 Å². The van der Waals surface area contributed by atoms with Gasteiger partial charge in [-0.15, -0.1) is 0 Å². The van der Waals surface area contributed by atoms with Crippen molar-refractivity contribution >= 4 is 17.6 Å². The van der Waals surface area contributed by atoms with Crippen molar-refractivity contribution in [2.45, 2.75) is 13.8 Å². The van der Waals surface area contributed by atoms with Crippen LogP contribution in [-0.4, -0.2) is 22.8 Å². The molecule has 1 N–H and O–H groups in total. The average molecular weight is 308 g/mol. The van der Waals surface area contributed by atoms with Gasteiger partial charge in [-0.3, -0.25) is 9.36 Å². The third-order valence-electron chi connectivity index (χ3n) is 3.26. The fourth-order valence-electron chi connectivity index (χ4n) is 2.30. The van der Waals surface area contributed by atoms with Gasteiger partial charge in [0.05, 0.1) is 23.4 Å². The fourth-order valence-corrected chi connectivity index (χ4v) is 2.50. The van der Waals surface area contributed by atoms with Gasteiger partial charge in [0.1, 0.15) is 5.75 Å². The zero-order valence-corrected chi connectivity index (χ0v) is 12.6. The van der Waals surface area contributed by atoms with Crippen molar-refractivity contribution < 1.29 is 14.6 Å². The van der Waals surface area contributed by atoms with E-state index in [0.717, 1.165) is 0 Å². The van der Waals surface area contributed by atoms with E-state index in [1.807, 2.05) is 0 Å². The number of aromatic carboxylic acids is 1. The maximum atomic E-state index is 12.3. The van der Waals surface area contributed by atoms with E-state index in [-0.39, 0.29) is 11.1 Å². The molecule has 21 heavy (non-hydrogen) atoms. The third-order valence-corrected chi connectivity index (χ3v) is 3.58. The number of hydrogen-bond donors (Lipinski definition) is 1. The van der Waals surface area contributed by atoms with Crippen LogP contribution in [0.25, 0.3) is 5.69 Å². The van der Waals surface area contributed by atoms with Crippen molar-refractivity contribution in [2.75, 3.05) is 7.11 Å². The summed E-state index contributed by atoms with van der Waals surface area (Å²) in [4.78, 5) is 23.6. The number of pyridine rings is 1. The summed E-state index contributed by atoms with van der Waals surface area (Å²) in [6.45, 7) is 3.17. The van der Waals surface area contributed by atoms with Gasteiger partial charge >= 0.3 is 5.97 Å². The number of methoxy groups -OCH3 is 1. The SMILES string of the molecule is COc1ccc(Cl)c(-n2c(C)c(C(=O)O)c(C)cc2=O)c1. The van der Waals surface area contributed by atoms with Crippen LogP contribution in [0.2, 0.25) is 5.02 Å². The van der Waals surface area contributed by atoms with E-state index in [4.69, 9.17) is 16.3 Å². The van der Waals surface area contributed by atoms with Gasteiger partial charge in [0, 0.05) is 17.8 Å². The van der Waals surface area contributed by atoms with Crippen molar-refractivity contribution in [1.29, 1.82) is 0 Å². The van der Waals surface area contributed by atoms with Crippen LogP contribution in [0.5, 0.6) is 5.75 Å². The van der Waals surface area contributed by atoms with E-state index in [9.17, 15) is 14.7 Å². The quantitative estimate of drug-likeness (QED) is 0.946. The van der Waals surface area contributed by atoms with Gasteiger partial charge < -0.3 is 9.84 Å². The largest absolute Gasteiger partial charge is 0.497 e. The van der Waals surface area contributed by atoms with Gasteiger partial charge in [-0.05, 0) is 31.5 Å². The molecular weight excluding hydrogens is 294 g/mol. The molecule has 0 amide bonds. The summed E-state index contributed by atoms with van der Waals surface area (Å²) in [7, 11) is 1.50. The third kappa shape index (κ3) is 2.64. The van der Waals surface area contributed by atoms with Crippen LogP contribution >= 0.6 is 11.6 Å². The molecule has 0 radical (unpaired) electrons. The Labute approximate surface area is 126 Å². The molecule has 0 aliphatic carbocycles. The Morgan fingerprint density at radius 3 is 2.52 bits per heavy atom. The fraction of sp³-hybridized carbons (Fsp3) is 0.200. The number of carbonyl (C=O) groups is 1. The molecule has 2 aromatic rings. The Kier molecular flexibility index (Phi) is 4.04. The van der Waals surface area contributed by atoms with Crippen LogP contribution in [0, 0.1) is 13.8 Å². The van der Waals surface area contributed by atoms with E-state index >= 15 is 0 Å². The predicted octanol–water partition coefficient (Wildman–Crippen LogP) is 2.81. The molecule has 0 spiro atoms. The number of halogens is 1. The second kappa shape index (κ2) is 5.61. The molecule has 0 aliphatic rings. The lowest BCUT2D eigenvalue weighted by Gasteiger charge is -2.16. The molecule has 0 saturated heterocycles. The molecule has 0 atom stereocenters. The van der Waals surface area contributed by atoms with E-state index in [1.165, 1.54) is 17.7 Å². The molecule has 5 nitrogen and oxygen atoms in total.